The molecule has 0 radical (unpaired) electrons. The topological polar surface area (TPSA) is 95.1 Å². The van der Waals surface area contributed by atoms with Crippen LogP contribution in [0.4, 0.5) is 5.69 Å². The lowest BCUT2D eigenvalue weighted by atomic mass is 9.99. The molecule has 2 aliphatic rings. The van der Waals surface area contributed by atoms with Crippen LogP contribution in [0.15, 0.2) is 34.1 Å². The number of para-hydroxylation sites is 1. The van der Waals surface area contributed by atoms with Gasteiger partial charge in [-0.2, -0.15) is 0 Å². The van der Waals surface area contributed by atoms with E-state index in [0.29, 0.717) is 17.8 Å². The summed E-state index contributed by atoms with van der Waals surface area (Å²) < 4.78 is 1.26. The summed E-state index contributed by atoms with van der Waals surface area (Å²) >= 11 is 0.960. The zero-order chi connectivity index (χ0) is 21.1. The van der Waals surface area contributed by atoms with Crippen molar-refractivity contribution in [1.29, 1.82) is 0 Å². The van der Waals surface area contributed by atoms with Crippen LogP contribution in [0.2, 0.25) is 0 Å². The smallest absolute Gasteiger partial charge is 0.310 e. The number of aromatic nitrogens is 1. The van der Waals surface area contributed by atoms with Gasteiger partial charge in [-0.05, 0) is 37.8 Å². The number of aromatic hydroxyl groups is 1. The summed E-state index contributed by atoms with van der Waals surface area (Å²) in [4.78, 5) is 31.5. The molecule has 1 fully saturated rings. The fourth-order valence-corrected chi connectivity index (χ4v) is 4.99. The Bertz CT molecular complexity index is 1050. The maximum atomic E-state index is 12.7. The van der Waals surface area contributed by atoms with Crippen molar-refractivity contribution in [2.45, 2.75) is 44.7 Å². The number of amides is 1. The summed E-state index contributed by atoms with van der Waals surface area (Å²) in [6, 6.07) is 7.76. The van der Waals surface area contributed by atoms with Gasteiger partial charge in [0.05, 0.1) is 10.6 Å². The number of fused-ring (bicyclic) bond motifs is 1. The van der Waals surface area contributed by atoms with Crippen molar-refractivity contribution < 1.29 is 15.0 Å². The van der Waals surface area contributed by atoms with Crippen LogP contribution in [0.25, 0.3) is 11.6 Å². The number of thiazole rings is 1. The molecule has 1 aromatic heterocycles. The summed E-state index contributed by atoms with van der Waals surface area (Å²) in [5.74, 6) is -0.156. The van der Waals surface area contributed by atoms with Gasteiger partial charge in [-0.25, -0.2) is 0 Å². The Morgan fingerprint density at radius 1 is 1.30 bits per heavy atom. The molecule has 2 N–H and O–H groups in total. The number of aliphatic hydroxyl groups excluding tert-OH is 1. The third-order valence-electron chi connectivity index (χ3n) is 5.70. The van der Waals surface area contributed by atoms with Gasteiger partial charge in [0.25, 0.3) is 0 Å². The van der Waals surface area contributed by atoms with Crippen LogP contribution in [0.1, 0.15) is 42.5 Å². The van der Waals surface area contributed by atoms with Crippen LogP contribution in [0.5, 0.6) is 5.88 Å². The lowest BCUT2D eigenvalue weighted by Gasteiger charge is -2.35. The van der Waals surface area contributed by atoms with Gasteiger partial charge < -0.3 is 15.1 Å². The molecule has 1 saturated heterocycles. The molecule has 7 nitrogen and oxygen atoms in total. The second-order valence-electron chi connectivity index (χ2n) is 7.58. The van der Waals surface area contributed by atoms with E-state index in [1.54, 1.807) is 12.3 Å². The highest BCUT2D eigenvalue weighted by Gasteiger charge is 2.26. The molecular formula is C22H25N3O4S. The maximum absolute atomic E-state index is 12.7. The van der Waals surface area contributed by atoms with E-state index in [4.69, 9.17) is 0 Å². The standard InChI is InChI=1S/C22H25N3O4S/c26-12-9-16-5-3-4-10-24(16)20(27)8-11-25-21(28)19(30-22(25)29)13-15-14-23-18-7-2-1-6-17(15)18/h1-2,6-7,13-14,16,26,28H,3-5,8-12H2. The van der Waals surface area contributed by atoms with Gasteiger partial charge in [-0.15, -0.1) is 0 Å². The van der Waals surface area contributed by atoms with Crippen molar-refractivity contribution >= 4 is 40.8 Å². The first-order chi connectivity index (χ1) is 14.6. The van der Waals surface area contributed by atoms with Crippen LogP contribution in [-0.2, 0) is 11.3 Å². The fourth-order valence-electron chi connectivity index (χ4n) is 4.13. The van der Waals surface area contributed by atoms with E-state index < -0.39 is 0 Å². The van der Waals surface area contributed by atoms with E-state index in [-0.39, 0.29) is 42.3 Å². The Hall–Kier alpha value is -2.71. The van der Waals surface area contributed by atoms with E-state index in [0.717, 1.165) is 47.4 Å². The lowest BCUT2D eigenvalue weighted by molar-refractivity contribution is -0.135. The van der Waals surface area contributed by atoms with Crippen LogP contribution < -0.4 is 4.87 Å². The molecule has 0 saturated carbocycles. The molecule has 1 amide bonds. The average molecular weight is 428 g/mol. The van der Waals surface area contributed by atoms with Crippen molar-refractivity contribution in [3.63, 3.8) is 0 Å². The molecule has 158 valence electrons. The van der Waals surface area contributed by atoms with E-state index in [2.05, 4.69) is 4.99 Å². The SMILES string of the molecule is O=C(CCn1c(O)c(C=C2C=Nc3ccccc32)sc1=O)N1CCCCC1CCO. The van der Waals surface area contributed by atoms with Crippen molar-refractivity contribution in [2.75, 3.05) is 13.2 Å². The number of carbonyl (C=O) groups excluding carboxylic acids is 1. The van der Waals surface area contributed by atoms with Crippen molar-refractivity contribution in [3.8, 4) is 5.88 Å². The van der Waals surface area contributed by atoms with E-state index >= 15 is 0 Å². The number of rotatable bonds is 6. The zero-order valence-corrected chi connectivity index (χ0v) is 17.5. The minimum atomic E-state index is -0.291. The molecule has 2 aliphatic heterocycles. The van der Waals surface area contributed by atoms with Crippen LogP contribution in [0.3, 0.4) is 0 Å². The molecule has 1 unspecified atom stereocenters. The number of allylic oxidation sites excluding steroid dienone is 1. The molecule has 1 atom stereocenters. The van der Waals surface area contributed by atoms with E-state index in [1.807, 2.05) is 29.2 Å². The number of benzene rings is 1. The molecule has 0 spiro atoms. The van der Waals surface area contributed by atoms with Gasteiger partial charge in [0.1, 0.15) is 0 Å². The summed E-state index contributed by atoms with van der Waals surface area (Å²) in [6.45, 7) is 0.879. The number of aliphatic hydroxyl groups is 1. The highest BCUT2D eigenvalue weighted by atomic mass is 32.1. The minimum absolute atomic E-state index is 0.0394. The Balaban J connectivity index is 1.48. The quantitative estimate of drug-likeness (QED) is 0.741. The number of hydrogen-bond donors (Lipinski definition) is 2. The summed E-state index contributed by atoms with van der Waals surface area (Å²) in [5.41, 5.74) is 2.66. The molecule has 8 heteroatoms. The second-order valence-corrected chi connectivity index (χ2v) is 8.57. The zero-order valence-electron chi connectivity index (χ0n) is 16.7. The van der Waals surface area contributed by atoms with Gasteiger partial charge in [0.15, 0.2) is 0 Å². The van der Waals surface area contributed by atoms with Crippen molar-refractivity contribution in [2.24, 2.45) is 4.99 Å². The number of nitrogens with zero attached hydrogens (tertiary/aromatic N) is 3. The summed E-state index contributed by atoms with van der Waals surface area (Å²) in [7, 11) is 0. The number of carbonyl (C=O) groups is 1. The molecule has 0 aliphatic carbocycles. The van der Waals surface area contributed by atoms with Gasteiger partial charge in [-0.3, -0.25) is 19.1 Å². The Morgan fingerprint density at radius 2 is 2.13 bits per heavy atom. The first kappa shape index (κ1) is 20.6. The molecule has 30 heavy (non-hydrogen) atoms. The van der Waals surface area contributed by atoms with Crippen LogP contribution in [-0.4, -0.2) is 51.0 Å². The normalized spacial score (nSPS) is 19.4. The Labute approximate surface area is 178 Å². The lowest BCUT2D eigenvalue weighted by Crippen LogP contribution is -2.44. The summed E-state index contributed by atoms with van der Waals surface area (Å²) in [5, 5.41) is 19.9. The Kier molecular flexibility index (Phi) is 6.15. The maximum Gasteiger partial charge on any atom is 0.310 e. The van der Waals surface area contributed by atoms with E-state index in [1.165, 1.54) is 4.57 Å². The highest BCUT2D eigenvalue weighted by molar-refractivity contribution is 7.10. The summed E-state index contributed by atoms with van der Waals surface area (Å²) in [6.07, 6.45) is 7.12. The monoisotopic (exact) mass is 427 g/mol. The molecule has 4 rings (SSSR count). The fraction of sp³-hybridized carbons (Fsp3) is 0.409. The van der Waals surface area contributed by atoms with Gasteiger partial charge >= 0.3 is 4.87 Å². The van der Waals surface area contributed by atoms with E-state index in [9.17, 15) is 19.8 Å². The average Bonchev–Trinajstić information content (AvgIpc) is 3.28. The second kappa shape index (κ2) is 8.97. The Morgan fingerprint density at radius 3 is 2.97 bits per heavy atom. The van der Waals surface area contributed by atoms with Crippen LogP contribution in [0, 0.1) is 0 Å². The largest absolute Gasteiger partial charge is 0.493 e. The third kappa shape index (κ3) is 4.11. The van der Waals surface area contributed by atoms with Gasteiger partial charge in [-0.1, -0.05) is 29.5 Å². The van der Waals surface area contributed by atoms with Gasteiger partial charge in [0, 0.05) is 49.5 Å². The predicted molar refractivity (Wildman–Crippen MR) is 118 cm³/mol. The molecule has 2 aromatic rings. The van der Waals surface area contributed by atoms with Gasteiger partial charge in [0.2, 0.25) is 11.8 Å². The molecular weight excluding hydrogens is 402 g/mol. The highest BCUT2D eigenvalue weighted by Crippen LogP contribution is 2.34. The molecule has 1 aromatic carbocycles. The minimum Gasteiger partial charge on any atom is -0.493 e. The van der Waals surface area contributed by atoms with Crippen molar-refractivity contribution in [1.82, 2.24) is 9.47 Å². The number of piperidine rings is 1. The third-order valence-corrected chi connectivity index (χ3v) is 6.61. The number of likely N-dealkylation sites (tertiary alicyclic amines) is 1. The molecule has 3 heterocycles. The number of hydrogen-bond acceptors (Lipinski definition) is 6. The van der Waals surface area contributed by atoms with Crippen LogP contribution >= 0.6 is 11.3 Å². The molecule has 0 bridgehead atoms. The van der Waals surface area contributed by atoms with Crippen molar-refractivity contribution in [3.05, 3.63) is 44.4 Å². The number of aliphatic imine (C=N–C) groups is 1. The first-order valence-corrected chi connectivity index (χ1v) is 11.1. The predicted octanol–water partition coefficient (Wildman–Crippen LogP) is 3.03. The first-order valence-electron chi connectivity index (χ1n) is 10.3.